The van der Waals surface area contributed by atoms with Crippen LogP contribution in [0.4, 0.5) is 0 Å². The van der Waals surface area contributed by atoms with Gasteiger partial charge in [-0.25, -0.2) is 0 Å². The highest BCUT2D eigenvalue weighted by molar-refractivity contribution is 5.42. The van der Waals surface area contributed by atoms with E-state index >= 15 is 0 Å². The second-order valence-electron chi connectivity index (χ2n) is 5.14. The summed E-state index contributed by atoms with van der Waals surface area (Å²) in [7, 11) is 1.68. The van der Waals surface area contributed by atoms with Gasteiger partial charge in [0.25, 0.3) is 0 Å². The van der Waals surface area contributed by atoms with Crippen molar-refractivity contribution >= 4 is 0 Å². The smallest absolute Gasteiger partial charge is 0.123 e. The van der Waals surface area contributed by atoms with Crippen molar-refractivity contribution in [1.82, 2.24) is 5.32 Å². The second-order valence-corrected chi connectivity index (χ2v) is 5.14. The highest BCUT2D eigenvalue weighted by Crippen LogP contribution is 2.35. The summed E-state index contributed by atoms with van der Waals surface area (Å²) in [5.74, 6) is 1.16. The molecule has 102 valence electrons. The van der Waals surface area contributed by atoms with Crippen LogP contribution < -0.4 is 10.1 Å². The van der Waals surface area contributed by atoms with Gasteiger partial charge in [0.05, 0.1) is 19.1 Å². The van der Waals surface area contributed by atoms with Gasteiger partial charge in [-0.15, -0.1) is 0 Å². The van der Waals surface area contributed by atoms with Gasteiger partial charge in [-0.05, 0) is 49.9 Å². The molecular formula is C16H22N2O. The largest absolute Gasteiger partial charge is 0.496 e. The highest BCUT2D eigenvalue weighted by atomic mass is 16.5. The fourth-order valence-corrected chi connectivity index (χ4v) is 2.84. The lowest BCUT2D eigenvalue weighted by Crippen LogP contribution is -2.33. The van der Waals surface area contributed by atoms with Gasteiger partial charge in [0.2, 0.25) is 0 Å². The number of aryl methyl sites for hydroxylation is 1. The molecule has 1 aliphatic heterocycles. The van der Waals surface area contributed by atoms with Crippen LogP contribution in [-0.2, 0) is 6.42 Å². The predicted octanol–water partition coefficient (Wildman–Crippen LogP) is 2.86. The Labute approximate surface area is 115 Å². The van der Waals surface area contributed by atoms with E-state index in [-0.39, 0.29) is 5.92 Å². The van der Waals surface area contributed by atoms with Gasteiger partial charge < -0.3 is 10.1 Å². The van der Waals surface area contributed by atoms with Crippen molar-refractivity contribution < 1.29 is 4.74 Å². The fraction of sp³-hybridized carbons (Fsp3) is 0.562. The molecule has 0 aliphatic carbocycles. The average molecular weight is 258 g/mol. The van der Waals surface area contributed by atoms with Crippen LogP contribution in [0.3, 0.4) is 0 Å². The van der Waals surface area contributed by atoms with Crippen LogP contribution in [0.1, 0.15) is 36.8 Å². The quantitative estimate of drug-likeness (QED) is 0.903. The van der Waals surface area contributed by atoms with E-state index in [9.17, 15) is 5.26 Å². The predicted molar refractivity (Wildman–Crippen MR) is 76.3 cm³/mol. The van der Waals surface area contributed by atoms with Crippen LogP contribution in [0.5, 0.6) is 5.75 Å². The van der Waals surface area contributed by atoms with Crippen molar-refractivity contribution in [3.8, 4) is 11.8 Å². The first-order chi connectivity index (χ1) is 9.30. The van der Waals surface area contributed by atoms with E-state index in [4.69, 9.17) is 4.74 Å². The van der Waals surface area contributed by atoms with Crippen LogP contribution in [0.15, 0.2) is 18.2 Å². The van der Waals surface area contributed by atoms with Crippen molar-refractivity contribution in [3.05, 3.63) is 29.3 Å². The number of nitriles is 1. The van der Waals surface area contributed by atoms with E-state index in [1.165, 1.54) is 5.56 Å². The van der Waals surface area contributed by atoms with Crippen molar-refractivity contribution in [1.29, 1.82) is 5.26 Å². The zero-order chi connectivity index (χ0) is 13.7. The third kappa shape index (κ3) is 3.08. The molecule has 0 bridgehead atoms. The van der Waals surface area contributed by atoms with Crippen molar-refractivity contribution in [2.75, 3.05) is 20.2 Å². The first kappa shape index (κ1) is 13.9. The minimum Gasteiger partial charge on any atom is -0.496 e. The van der Waals surface area contributed by atoms with E-state index in [0.29, 0.717) is 5.92 Å². The Morgan fingerprint density at radius 3 is 2.95 bits per heavy atom. The van der Waals surface area contributed by atoms with Gasteiger partial charge in [0, 0.05) is 5.56 Å². The molecular weight excluding hydrogens is 236 g/mol. The molecule has 3 heteroatoms. The molecule has 1 saturated heterocycles. The monoisotopic (exact) mass is 258 g/mol. The highest BCUT2D eigenvalue weighted by Gasteiger charge is 2.27. The molecule has 2 rings (SSSR count). The summed E-state index contributed by atoms with van der Waals surface area (Å²) in [5.41, 5.74) is 2.32. The molecule has 0 saturated carbocycles. The third-order valence-electron chi connectivity index (χ3n) is 3.98. The van der Waals surface area contributed by atoms with Crippen LogP contribution in [0.2, 0.25) is 0 Å². The van der Waals surface area contributed by atoms with Gasteiger partial charge >= 0.3 is 0 Å². The van der Waals surface area contributed by atoms with E-state index in [1.54, 1.807) is 7.11 Å². The van der Waals surface area contributed by atoms with Crippen LogP contribution in [0, 0.1) is 17.2 Å². The minimum absolute atomic E-state index is 0.0748. The van der Waals surface area contributed by atoms with Gasteiger partial charge in [-0.3, -0.25) is 0 Å². The Hall–Kier alpha value is -1.53. The normalized spacial score (nSPS) is 20.6. The SMILES string of the molecule is CCc1ccc(OC)c(C(C#N)C2CCCNC2)c1. The van der Waals surface area contributed by atoms with E-state index < -0.39 is 0 Å². The number of nitrogens with one attached hydrogen (secondary N) is 1. The molecule has 2 atom stereocenters. The zero-order valence-electron chi connectivity index (χ0n) is 11.8. The molecule has 0 spiro atoms. The van der Waals surface area contributed by atoms with Crippen molar-refractivity contribution in [2.24, 2.45) is 5.92 Å². The van der Waals surface area contributed by atoms with Gasteiger partial charge in [0.1, 0.15) is 5.75 Å². The van der Waals surface area contributed by atoms with E-state index in [0.717, 1.165) is 43.7 Å². The molecule has 1 N–H and O–H groups in total. The number of piperidine rings is 1. The van der Waals surface area contributed by atoms with E-state index in [2.05, 4.69) is 30.4 Å². The number of benzene rings is 1. The standard InChI is InChI=1S/C16H22N2O/c1-3-12-6-7-16(19-2)14(9-12)15(10-17)13-5-4-8-18-11-13/h6-7,9,13,15,18H,3-5,8,11H2,1-2H3. The zero-order valence-corrected chi connectivity index (χ0v) is 11.8. The van der Waals surface area contributed by atoms with Gasteiger partial charge in [0.15, 0.2) is 0 Å². The fourth-order valence-electron chi connectivity index (χ4n) is 2.84. The summed E-state index contributed by atoms with van der Waals surface area (Å²) in [4.78, 5) is 0. The Bertz CT molecular complexity index is 458. The van der Waals surface area contributed by atoms with Gasteiger partial charge in [-0.2, -0.15) is 5.26 Å². The Kier molecular flexibility index (Phi) is 4.81. The van der Waals surface area contributed by atoms with Crippen LogP contribution >= 0.6 is 0 Å². The maximum Gasteiger partial charge on any atom is 0.123 e. The number of ether oxygens (including phenoxy) is 1. The number of rotatable bonds is 4. The molecule has 2 unspecified atom stereocenters. The Morgan fingerprint density at radius 1 is 1.53 bits per heavy atom. The molecule has 1 heterocycles. The lowest BCUT2D eigenvalue weighted by molar-refractivity contribution is 0.344. The lowest BCUT2D eigenvalue weighted by atomic mass is 9.81. The number of hydrogen-bond acceptors (Lipinski definition) is 3. The first-order valence-electron chi connectivity index (χ1n) is 7.07. The van der Waals surface area contributed by atoms with Crippen LogP contribution in [-0.4, -0.2) is 20.2 Å². The molecule has 3 nitrogen and oxygen atoms in total. The van der Waals surface area contributed by atoms with Crippen molar-refractivity contribution in [2.45, 2.75) is 32.1 Å². The maximum atomic E-state index is 9.58. The lowest BCUT2D eigenvalue weighted by Gasteiger charge is -2.28. The molecule has 1 aromatic rings. The first-order valence-corrected chi connectivity index (χ1v) is 7.07. The van der Waals surface area contributed by atoms with E-state index in [1.807, 2.05) is 6.07 Å². The number of hydrogen-bond donors (Lipinski definition) is 1. The summed E-state index contributed by atoms with van der Waals surface area (Å²) in [6, 6.07) is 8.71. The van der Waals surface area contributed by atoms with Gasteiger partial charge in [-0.1, -0.05) is 19.1 Å². The number of methoxy groups -OCH3 is 1. The average Bonchev–Trinajstić information content (AvgIpc) is 2.49. The van der Waals surface area contributed by atoms with Crippen molar-refractivity contribution in [3.63, 3.8) is 0 Å². The minimum atomic E-state index is -0.0748. The number of nitrogens with zero attached hydrogens (tertiary/aromatic N) is 1. The summed E-state index contributed by atoms with van der Waals surface area (Å²) in [6.45, 7) is 4.13. The molecule has 0 aromatic heterocycles. The molecule has 1 aliphatic rings. The van der Waals surface area contributed by atoms with Crippen LogP contribution in [0.25, 0.3) is 0 Å². The summed E-state index contributed by atoms with van der Waals surface area (Å²) in [6.07, 6.45) is 3.25. The molecule has 0 amide bonds. The second kappa shape index (κ2) is 6.58. The topological polar surface area (TPSA) is 45.0 Å². The Balaban J connectivity index is 2.33. The molecule has 1 fully saturated rings. The molecule has 1 aromatic carbocycles. The summed E-state index contributed by atoms with van der Waals surface area (Å²) < 4.78 is 5.45. The Morgan fingerprint density at radius 2 is 2.37 bits per heavy atom. The summed E-state index contributed by atoms with van der Waals surface area (Å²) in [5, 5.41) is 13.0. The maximum absolute atomic E-state index is 9.58. The third-order valence-corrected chi connectivity index (χ3v) is 3.98. The molecule has 19 heavy (non-hydrogen) atoms. The summed E-state index contributed by atoms with van der Waals surface area (Å²) >= 11 is 0. The molecule has 0 radical (unpaired) electrons.